The predicted molar refractivity (Wildman–Crippen MR) is 65.0 cm³/mol. The molecule has 7 heteroatoms. The van der Waals surface area contributed by atoms with Gasteiger partial charge < -0.3 is 5.73 Å². The molecular formula is C11H10N4O2S. The van der Waals surface area contributed by atoms with Gasteiger partial charge >= 0.3 is 0 Å². The lowest BCUT2D eigenvalue weighted by atomic mass is 9.94. The van der Waals surface area contributed by atoms with Crippen LogP contribution < -0.4 is 5.73 Å². The minimum absolute atomic E-state index is 0.0601. The standard InChI is InChI=1S/C11H10N4O2S/c12-10(17)9-8-6(2-1-3-7(8)16)15(14-9)11-13-4-5-18-11/h4-5H,1-3H2,(H2,12,17). The van der Waals surface area contributed by atoms with E-state index in [1.54, 1.807) is 10.9 Å². The second-order valence-corrected chi connectivity index (χ2v) is 4.91. The van der Waals surface area contributed by atoms with Crippen molar-refractivity contribution in [1.29, 1.82) is 0 Å². The van der Waals surface area contributed by atoms with E-state index in [1.165, 1.54) is 11.3 Å². The predicted octanol–water partition coefficient (Wildman–Crippen LogP) is 0.947. The molecule has 18 heavy (non-hydrogen) atoms. The minimum Gasteiger partial charge on any atom is -0.364 e. The van der Waals surface area contributed by atoms with Crippen LogP contribution in [0.25, 0.3) is 5.13 Å². The number of ketones is 1. The molecule has 6 nitrogen and oxygen atoms in total. The average molecular weight is 262 g/mol. The topological polar surface area (TPSA) is 90.9 Å². The Morgan fingerprint density at radius 3 is 2.94 bits per heavy atom. The third-order valence-corrected chi connectivity index (χ3v) is 3.66. The molecule has 0 saturated carbocycles. The molecule has 0 aromatic carbocycles. The van der Waals surface area contributed by atoms with Crippen molar-refractivity contribution in [2.75, 3.05) is 0 Å². The van der Waals surface area contributed by atoms with E-state index in [9.17, 15) is 9.59 Å². The number of carbonyl (C=O) groups excluding carboxylic acids is 2. The third kappa shape index (κ3) is 1.55. The van der Waals surface area contributed by atoms with Gasteiger partial charge in [0.15, 0.2) is 11.5 Å². The molecule has 3 rings (SSSR count). The Hall–Kier alpha value is -2.02. The minimum atomic E-state index is -0.670. The number of Topliss-reactive ketones (excluding diaryl/α,β-unsaturated/α-hetero) is 1. The smallest absolute Gasteiger partial charge is 0.269 e. The molecule has 0 spiro atoms. The molecular weight excluding hydrogens is 252 g/mol. The number of carbonyl (C=O) groups is 2. The van der Waals surface area contributed by atoms with E-state index in [1.807, 2.05) is 5.38 Å². The number of aromatic nitrogens is 3. The molecule has 0 saturated heterocycles. The van der Waals surface area contributed by atoms with Crippen LogP contribution in [-0.2, 0) is 6.42 Å². The van der Waals surface area contributed by atoms with Gasteiger partial charge in [-0.15, -0.1) is 11.3 Å². The molecule has 0 unspecified atom stereocenters. The first-order valence-corrected chi connectivity index (χ1v) is 6.41. The first-order chi connectivity index (χ1) is 8.68. The van der Waals surface area contributed by atoms with Crippen molar-refractivity contribution in [3.63, 3.8) is 0 Å². The fraction of sp³-hybridized carbons (Fsp3) is 0.273. The summed E-state index contributed by atoms with van der Waals surface area (Å²) in [4.78, 5) is 27.4. The summed E-state index contributed by atoms with van der Waals surface area (Å²) in [5, 5.41) is 6.62. The number of nitrogens with zero attached hydrogens (tertiary/aromatic N) is 3. The fourth-order valence-electron chi connectivity index (χ4n) is 2.17. The van der Waals surface area contributed by atoms with Crippen LogP contribution in [0.5, 0.6) is 0 Å². The highest BCUT2D eigenvalue weighted by Crippen LogP contribution is 2.27. The van der Waals surface area contributed by atoms with E-state index in [0.717, 1.165) is 12.1 Å². The van der Waals surface area contributed by atoms with E-state index in [2.05, 4.69) is 10.1 Å². The highest BCUT2D eigenvalue weighted by molar-refractivity contribution is 7.12. The summed E-state index contributed by atoms with van der Waals surface area (Å²) in [5.74, 6) is -0.732. The lowest BCUT2D eigenvalue weighted by Crippen LogP contribution is -2.18. The molecule has 0 radical (unpaired) electrons. The van der Waals surface area contributed by atoms with E-state index >= 15 is 0 Å². The maximum Gasteiger partial charge on any atom is 0.269 e. The van der Waals surface area contributed by atoms with Gasteiger partial charge in [0.25, 0.3) is 5.91 Å². The van der Waals surface area contributed by atoms with Crippen LogP contribution in [0.15, 0.2) is 11.6 Å². The Morgan fingerprint density at radius 2 is 2.28 bits per heavy atom. The molecule has 2 aromatic rings. The molecule has 0 bridgehead atoms. The first kappa shape index (κ1) is 11.1. The second kappa shape index (κ2) is 4.02. The highest BCUT2D eigenvalue weighted by atomic mass is 32.1. The van der Waals surface area contributed by atoms with Crippen LogP contribution in [0.1, 0.15) is 39.4 Å². The molecule has 2 aromatic heterocycles. The van der Waals surface area contributed by atoms with E-state index < -0.39 is 5.91 Å². The lowest BCUT2D eigenvalue weighted by Gasteiger charge is -2.11. The second-order valence-electron chi connectivity index (χ2n) is 4.04. The summed E-state index contributed by atoms with van der Waals surface area (Å²) in [6.45, 7) is 0. The van der Waals surface area contributed by atoms with Crippen molar-refractivity contribution in [1.82, 2.24) is 14.8 Å². The number of hydrogen-bond donors (Lipinski definition) is 1. The first-order valence-electron chi connectivity index (χ1n) is 5.53. The Balaban J connectivity index is 2.26. The molecule has 0 aliphatic heterocycles. The number of thiazole rings is 1. The van der Waals surface area contributed by atoms with Crippen LogP contribution in [0.4, 0.5) is 0 Å². The summed E-state index contributed by atoms with van der Waals surface area (Å²) < 4.78 is 1.57. The Morgan fingerprint density at radius 1 is 1.44 bits per heavy atom. The Labute approximate surface area is 106 Å². The van der Waals surface area contributed by atoms with Crippen molar-refractivity contribution in [2.45, 2.75) is 19.3 Å². The number of primary amides is 1. The van der Waals surface area contributed by atoms with Gasteiger partial charge in [-0.05, 0) is 12.8 Å². The van der Waals surface area contributed by atoms with Crippen molar-refractivity contribution in [3.05, 3.63) is 28.5 Å². The summed E-state index contributed by atoms with van der Waals surface area (Å²) in [7, 11) is 0. The zero-order valence-corrected chi connectivity index (χ0v) is 10.2. The molecule has 1 amide bonds. The van der Waals surface area contributed by atoms with Gasteiger partial charge in [-0.2, -0.15) is 5.10 Å². The number of amides is 1. The lowest BCUT2D eigenvalue weighted by molar-refractivity contribution is 0.0948. The van der Waals surface area contributed by atoms with E-state index in [0.29, 0.717) is 23.5 Å². The summed E-state index contributed by atoms with van der Waals surface area (Å²) in [6, 6.07) is 0. The van der Waals surface area contributed by atoms with Gasteiger partial charge in [-0.1, -0.05) is 0 Å². The van der Waals surface area contributed by atoms with E-state index in [-0.39, 0.29) is 11.5 Å². The van der Waals surface area contributed by atoms with Crippen LogP contribution in [0.2, 0.25) is 0 Å². The summed E-state index contributed by atoms with van der Waals surface area (Å²) >= 11 is 1.40. The molecule has 92 valence electrons. The zero-order valence-electron chi connectivity index (χ0n) is 9.42. The SMILES string of the molecule is NC(=O)c1nn(-c2nccs2)c2c1C(=O)CCC2. The van der Waals surface area contributed by atoms with Gasteiger partial charge in [-0.25, -0.2) is 9.67 Å². The van der Waals surface area contributed by atoms with Crippen molar-refractivity contribution in [2.24, 2.45) is 5.73 Å². The normalized spacial score (nSPS) is 14.6. The summed E-state index contributed by atoms with van der Waals surface area (Å²) in [6.07, 6.45) is 3.57. The van der Waals surface area contributed by atoms with Gasteiger partial charge in [0.05, 0.1) is 11.3 Å². The Kier molecular flexibility index (Phi) is 2.48. The number of nitrogens with two attached hydrogens (primary N) is 1. The fourth-order valence-corrected chi connectivity index (χ4v) is 2.79. The number of fused-ring (bicyclic) bond motifs is 1. The summed E-state index contributed by atoms with van der Waals surface area (Å²) in [5.41, 5.74) is 6.47. The van der Waals surface area contributed by atoms with E-state index in [4.69, 9.17) is 5.73 Å². The molecule has 0 fully saturated rings. The molecule has 2 N–H and O–H groups in total. The van der Waals surface area contributed by atoms with Crippen LogP contribution in [0, 0.1) is 0 Å². The monoisotopic (exact) mass is 262 g/mol. The maximum absolute atomic E-state index is 11.9. The quantitative estimate of drug-likeness (QED) is 0.872. The molecule has 0 atom stereocenters. The van der Waals surface area contributed by atoms with Crippen molar-refractivity contribution >= 4 is 23.0 Å². The Bertz CT molecular complexity index is 630. The van der Waals surface area contributed by atoms with Gasteiger partial charge in [0, 0.05) is 18.0 Å². The van der Waals surface area contributed by atoms with Crippen LogP contribution in [0.3, 0.4) is 0 Å². The molecule has 2 heterocycles. The van der Waals surface area contributed by atoms with Gasteiger partial charge in [0.2, 0.25) is 5.13 Å². The molecule has 1 aliphatic carbocycles. The van der Waals surface area contributed by atoms with Crippen LogP contribution >= 0.6 is 11.3 Å². The largest absolute Gasteiger partial charge is 0.364 e. The number of hydrogen-bond acceptors (Lipinski definition) is 5. The van der Waals surface area contributed by atoms with Gasteiger partial charge in [0.1, 0.15) is 0 Å². The maximum atomic E-state index is 11.9. The number of rotatable bonds is 2. The highest BCUT2D eigenvalue weighted by Gasteiger charge is 2.30. The molecule has 1 aliphatic rings. The van der Waals surface area contributed by atoms with Crippen LogP contribution in [-0.4, -0.2) is 26.5 Å². The average Bonchev–Trinajstić information content (AvgIpc) is 2.95. The van der Waals surface area contributed by atoms with Gasteiger partial charge in [-0.3, -0.25) is 9.59 Å². The van der Waals surface area contributed by atoms with Crippen molar-refractivity contribution < 1.29 is 9.59 Å². The zero-order chi connectivity index (χ0) is 12.7. The van der Waals surface area contributed by atoms with Crippen molar-refractivity contribution in [3.8, 4) is 5.13 Å². The third-order valence-electron chi connectivity index (χ3n) is 2.91.